The molecule has 0 heterocycles. The van der Waals surface area contributed by atoms with Gasteiger partial charge in [-0.15, -0.1) is 0 Å². The van der Waals surface area contributed by atoms with E-state index in [1.807, 2.05) is 38.1 Å². The highest BCUT2D eigenvalue weighted by atomic mass is 16.5. The lowest BCUT2D eigenvalue weighted by Gasteiger charge is -2.11. The second-order valence-corrected chi connectivity index (χ2v) is 5.46. The minimum absolute atomic E-state index is 0.188. The largest absolute Gasteiger partial charge is 0.493 e. The van der Waals surface area contributed by atoms with E-state index in [2.05, 4.69) is 10.9 Å². The molecule has 6 nitrogen and oxygen atoms in total. The third kappa shape index (κ3) is 5.24. The number of amides is 2. The van der Waals surface area contributed by atoms with Crippen LogP contribution >= 0.6 is 0 Å². The molecule has 6 heteroatoms. The van der Waals surface area contributed by atoms with Crippen molar-refractivity contribution >= 4 is 11.8 Å². The third-order valence-corrected chi connectivity index (χ3v) is 3.53. The van der Waals surface area contributed by atoms with Crippen molar-refractivity contribution in [3.63, 3.8) is 0 Å². The molecular weight excluding hydrogens is 320 g/mol. The van der Waals surface area contributed by atoms with Crippen LogP contribution in [0, 0.1) is 6.92 Å². The maximum absolute atomic E-state index is 12.2. The van der Waals surface area contributed by atoms with Gasteiger partial charge in [0.1, 0.15) is 0 Å². The van der Waals surface area contributed by atoms with E-state index < -0.39 is 5.91 Å². The Balaban J connectivity index is 1.93. The van der Waals surface area contributed by atoms with E-state index in [1.54, 1.807) is 18.2 Å². The molecule has 25 heavy (non-hydrogen) atoms. The van der Waals surface area contributed by atoms with Gasteiger partial charge in [0.2, 0.25) is 5.91 Å². The quantitative estimate of drug-likeness (QED) is 0.791. The Morgan fingerprint density at radius 2 is 1.72 bits per heavy atom. The molecule has 2 N–H and O–H groups in total. The summed E-state index contributed by atoms with van der Waals surface area (Å²) < 4.78 is 10.6. The highest BCUT2D eigenvalue weighted by molar-refractivity contribution is 5.96. The Hall–Kier alpha value is -3.02. The Morgan fingerprint density at radius 3 is 2.36 bits per heavy atom. The Kier molecular flexibility index (Phi) is 6.39. The summed E-state index contributed by atoms with van der Waals surface area (Å²) in [7, 11) is 1.50. The molecule has 0 unspecified atom stereocenters. The van der Waals surface area contributed by atoms with Gasteiger partial charge in [-0.25, -0.2) is 0 Å². The smallest absolute Gasteiger partial charge is 0.269 e. The summed E-state index contributed by atoms with van der Waals surface area (Å²) in [5.41, 5.74) is 7.17. The van der Waals surface area contributed by atoms with Gasteiger partial charge in [0.15, 0.2) is 11.5 Å². The van der Waals surface area contributed by atoms with E-state index in [-0.39, 0.29) is 12.3 Å². The zero-order chi connectivity index (χ0) is 18.2. The van der Waals surface area contributed by atoms with Crippen LogP contribution < -0.4 is 20.3 Å². The predicted molar refractivity (Wildman–Crippen MR) is 94.7 cm³/mol. The van der Waals surface area contributed by atoms with Gasteiger partial charge in [0.05, 0.1) is 20.1 Å². The van der Waals surface area contributed by atoms with Gasteiger partial charge in [-0.3, -0.25) is 20.4 Å². The van der Waals surface area contributed by atoms with Gasteiger partial charge in [-0.05, 0) is 37.6 Å². The Morgan fingerprint density at radius 1 is 1.00 bits per heavy atom. The van der Waals surface area contributed by atoms with Gasteiger partial charge >= 0.3 is 0 Å². The first kappa shape index (κ1) is 18.3. The second-order valence-electron chi connectivity index (χ2n) is 5.46. The molecule has 0 saturated heterocycles. The van der Waals surface area contributed by atoms with E-state index in [0.29, 0.717) is 23.7 Å². The fourth-order valence-electron chi connectivity index (χ4n) is 2.22. The number of hydrogen-bond acceptors (Lipinski definition) is 4. The van der Waals surface area contributed by atoms with Crippen molar-refractivity contribution in [3.8, 4) is 11.5 Å². The Labute approximate surface area is 147 Å². The summed E-state index contributed by atoms with van der Waals surface area (Å²) in [6.07, 6.45) is 0.188. The van der Waals surface area contributed by atoms with E-state index in [1.165, 1.54) is 7.11 Å². The van der Waals surface area contributed by atoms with Crippen molar-refractivity contribution in [2.75, 3.05) is 13.7 Å². The van der Waals surface area contributed by atoms with Crippen LogP contribution in [0.5, 0.6) is 11.5 Å². The first-order chi connectivity index (χ1) is 12.0. The monoisotopic (exact) mass is 342 g/mol. The van der Waals surface area contributed by atoms with Gasteiger partial charge in [-0.1, -0.05) is 29.8 Å². The predicted octanol–water partition coefficient (Wildman–Crippen LogP) is 2.41. The number of aryl methyl sites for hydroxylation is 1. The van der Waals surface area contributed by atoms with E-state index >= 15 is 0 Å². The minimum Gasteiger partial charge on any atom is -0.493 e. The molecule has 2 amide bonds. The van der Waals surface area contributed by atoms with Crippen LogP contribution in [0.25, 0.3) is 0 Å². The van der Waals surface area contributed by atoms with Crippen molar-refractivity contribution in [2.24, 2.45) is 0 Å². The number of rotatable bonds is 6. The van der Waals surface area contributed by atoms with Gasteiger partial charge in [-0.2, -0.15) is 0 Å². The number of carbonyl (C=O) groups is 2. The summed E-state index contributed by atoms with van der Waals surface area (Å²) >= 11 is 0. The lowest BCUT2D eigenvalue weighted by molar-refractivity contribution is -0.121. The molecule has 2 rings (SSSR count). The zero-order valence-electron chi connectivity index (χ0n) is 14.6. The summed E-state index contributed by atoms with van der Waals surface area (Å²) in [4.78, 5) is 24.1. The lowest BCUT2D eigenvalue weighted by Crippen LogP contribution is -2.42. The van der Waals surface area contributed by atoms with Crippen LogP contribution in [-0.2, 0) is 11.2 Å². The summed E-state index contributed by atoms with van der Waals surface area (Å²) in [5.74, 6) is 0.291. The molecule has 0 saturated carbocycles. The zero-order valence-corrected chi connectivity index (χ0v) is 14.6. The van der Waals surface area contributed by atoms with Crippen molar-refractivity contribution in [3.05, 3.63) is 59.2 Å². The molecular formula is C19H22N2O4. The fraction of sp³-hybridized carbons (Fsp3) is 0.263. The summed E-state index contributed by atoms with van der Waals surface area (Å²) in [6, 6.07) is 12.5. The average Bonchev–Trinajstić information content (AvgIpc) is 2.62. The van der Waals surface area contributed by atoms with Crippen LogP contribution in [0.4, 0.5) is 0 Å². The van der Waals surface area contributed by atoms with Crippen LogP contribution in [0.3, 0.4) is 0 Å². The van der Waals surface area contributed by atoms with Gasteiger partial charge in [0, 0.05) is 5.56 Å². The first-order valence-electron chi connectivity index (χ1n) is 7.99. The average molecular weight is 342 g/mol. The van der Waals surface area contributed by atoms with Crippen LogP contribution in [0.2, 0.25) is 0 Å². The molecule has 0 atom stereocenters. The summed E-state index contributed by atoms with van der Waals surface area (Å²) in [6.45, 7) is 4.34. The highest BCUT2D eigenvalue weighted by Gasteiger charge is 2.12. The van der Waals surface area contributed by atoms with Crippen LogP contribution in [-0.4, -0.2) is 25.5 Å². The number of ether oxygens (including phenoxy) is 2. The van der Waals surface area contributed by atoms with Crippen LogP contribution in [0.15, 0.2) is 42.5 Å². The molecule has 0 aliphatic heterocycles. The molecule has 0 fully saturated rings. The minimum atomic E-state index is -0.432. The molecule has 0 spiro atoms. The maximum atomic E-state index is 12.2. The molecule has 2 aromatic carbocycles. The van der Waals surface area contributed by atoms with Gasteiger partial charge < -0.3 is 9.47 Å². The van der Waals surface area contributed by atoms with Crippen molar-refractivity contribution < 1.29 is 19.1 Å². The molecule has 0 bridgehead atoms. The maximum Gasteiger partial charge on any atom is 0.269 e. The van der Waals surface area contributed by atoms with E-state index in [0.717, 1.165) is 11.1 Å². The number of benzene rings is 2. The standard InChI is InChI=1S/C19H22N2O4/c1-4-25-16-10-9-15(12-17(16)24-3)19(23)21-20-18(22)11-14-7-5-13(2)6-8-14/h5-10,12H,4,11H2,1-3H3,(H,20,22)(H,21,23). The topological polar surface area (TPSA) is 76.7 Å². The van der Waals surface area contributed by atoms with Crippen molar-refractivity contribution in [1.29, 1.82) is 0 Å². The molecule has 2 aromatic rings. The van der Waals surface area contributed by atoms with Crippen molar-refractivity contribution in [1.82, 2.24) is 10.9 Å². The summed E-state index contributed by atoms with van der Waals surface area (Å²) in [5, 5.41) is 0. The molecule has 0 radical (unpaired) electrons. The number of methoxy groups -OCH3 is 1. The Bertz CT molecular complexity index is 742. The lowest BCUT2D eigenvalue weighted by atomic mass is 10.1. The number of nitrogens with one attached hydrogen (secondary N) is 2. The molecule has 0 aliphatic rings. The molecule has 0 aliphatic carbocycles. The number of hydrogen-bond donors (Lipinski definition) is 2. The second kappa shape index (κ2) is 8.73. The number of carbonyl (C=O) groups excluding carboxylic acids is 2. The molecule has 0 aromatic heterocycles. The van der Waals surface area contributed by atoms with E-state index in [4.69, 9.17) is 9.47 Å². The van der Waals surface area contributed by atoms with Crippen molar-refractivity contribution in [2.45, 2.75) is 20.3 Å². The normalized spacial score (nSPS) is 10.0. The fourth-order valence-corrected chi connectivity index (χ4v) is 2.22. The highest BCUT2D eigenvalue weighted by Crippen LogP contribution is 2.27. The number of hydrazine groups is 1. The molecule has 132 valence electrons. The SMILES string of the molecule is CCOc1ccc(C(=O)NNC(=O)Cc2ccc(C)cc2)cc1OC. The first-order valence-corrected chi connectivity index (χ1v) is 7.99. The van der Waals surface area contributed by atoms with Gasteiger partial charge in [0.25, 0.3) is 5.91 Å². The van der Waals surface area contributed by atoms with E-state index in [9.17, 15) is 9.59 Å². The third-order valence-electron chi connectivity index (χ3n) is 3.53. The van der Waals surface area contributed by atoms with Crippen LogP contribution in [0.1, 0.15) is 28.4 Å².